The summed E-state index contributed by atoms with van der Waals surface area (Å²) in [5, 5.41) is 4.54. The van der Waals surface area contributed by atoms with Gasteiger partial charge in [0.05, 0.1) is 18.3 Å². The normalized spacial score (nSPS) is 10.7. The number of nitrogens with one attached hydrogen (secondary N) is 1. The third kappa shape index (κ3) is 3.17. The number of pyridine rings is 2. The number of nitrogens with zero attached hydrogens (tertiary/aromatic N) is 2. The van der Waals surface area contributed by atoms with Crippen molar-refractivity contribution < 1.29 is 4.74 Å². The van der Waals surface area contributed by atoms with Crippen LogP contribution in [0.3, 0.4) is 0 Å². The molecule has 0 amide bonds. The van der Waals surface area contributed by atoms with Crippen LogP contribution in [-0.2, 0) is 13.1 Å². The Morgan fingerprint density at radius 1 is 1.00 bits per heavy atom. The minimum atomic E-state index is 0.663. The Morgan fingerprint density at radius 2 is 1.90 bits per heavy atom. The van der Waals surface area contributed by atoms with Gasteiger partial charge in [-0.2, -0.15) is 0 Å². The molecule has 1 aromatic carbocycles. The molecule has 4 nitrogen and oxygen atoms in total. The lowest BCUT2D eigenvalue weighted by Gasteiger charge is -2.08. The summed E-state index contributed by atoms with van der Waals surface area (Å²) >= 11 is 0. The first-order chi connectivity index (χ1) is 10.4. The van der Waals surface area contributed by atoms with E-state index >= 15 is 0 Å². The quantitative estimate of drug-likeness (QED) is 0.780. The van der Waals surface area contributed by atoms with Gasteiger partial charge in [-0.3, -0.25) is 4.98 Å². The molecular weight excluding hydrogens is 262 g/mol. The zero-order valence-electron chi connectivity index (χ0n) is 11.9. The summed E-state index contributed by atoms with van der Waals surface area (Å²) in [5.41, 5.74) is 3.09. The summed E-state index contributed by atoms with van der Waals surface area (Å²) in [7, 11) is 1.64. The highest BCUT2D eigenvalue weighted by atomic mass is 16.5. The number of benzene rings is 1. The lowest BCUT2D eigenvalue weighted by molar-refractivity contribution is 0.390. The molecule has 4 heteroatoms. The molecule has 0 atom stereocenters. The van der Waals surface area contributed by atoms with Crippen LogP contribution in [0, 0.1) is 0 Å². The van der Waals surface area contributed by atoms with Crippen LogP contribution < -0.4 is 10.1 Å². The highest BCUT2D eigenvalue weighted by Crippen LogP contribution is 2.14. The Labute approximate surface area is 123 Å². The van der Waals surface area contributed by atoms with E-state index in [2.05, 4.69) is 33.5 Å². The third-order valence-electron chi connectivity index (χ3n) is 3.32. The Balaban J connectivity index is 1.66. The zero-order chi connectivity index (χ0) is 14.5. The predicted octanol–water partition coefficient (Wildman–Crippen LogP) is 2.93. The average molecular weight is 279 g/mol. The molecule has 0 fully saturated rings. The zero-order valence-corrected chi connectivity index (χ0v) is 11.9. The number of hydrogen-bond donors (Lipinski definition) is 1. The molecule has 0 unspecified atom stereocenters. The molecule has 2 aromatic heterocycles. The van der Waals surface area contributed by atoms with E-state index in [4.69, 9.17) is 4.74 Å². The summed E-state index contributed by atoms with van der Waals surface area (Å²) in [6, 6.07) is 16.2. The van der Waals surface area contributed by atoms with Crippen LogP contribution in [0.25, 0.3) is 10.9 Å². The van der Waals surface area contributed by atoms with Gasteiger partial charge in [0.2, 0.25) is 5.88 Å². The molecule has 1 N–H and O–H groups in total. The fourth-order valence-electron chi connectivity index (χ4n) is 2.27. The lowest BCUT2D eigenvalue weighted by atomic mass is 10.2. The topological polar surface area (TPSA) is 47.0 Å². The van der Waals surface area contributed by atoms with Gasteiger partial charge in [0.1, 0.15) is 0 Å². The van der Waals surface area contributed by atoms with Gasteiger partial charge in [-0.15, -0.1) is 0 Å². The second-order valence-electron chi connectivity index (χ2n) is 4.77. The van der Waals surface area contributed by atoms with Crippen molar-refractivity contribution in [3.05, 3.63) is 66.0 Å². The predicted molar refractivity (Wildman–Crippen MR) is 83.1 cm³/mol. The number of fused-ring (bicyclic) bond motifs is 1. The molecule has 2 heterocycles. The van der Waals surface area contributed by atoms with Crippen molar-refractivity contribution in [2.45, 2.75) is 13.1 Å². The molecule has 21 heavy (non-hydrogen) atoms. The summed E-state index contributed by atoms with van der Waals surface area (Å²) in [6.45, 7) is 1.41. The van der Waals surface area contributed by atoms with Crippen molar-refractivity contribution >= 4 is 10.9 Å². The molecule has 0 bridgehead atoms. The van der Waals surface area contributed by atoms with Crippen LogP contribution >= 0.6 is 0 Å². The molecule has 106 valence electrons. The van der Waals surface area contributed by atoms with Gasteiger partial charge in [-0.25, -0.2) is 4.98 Å². The number of para-hydroxylation sites is 1. The van der Waals surface area contributed by atoms with Crippen LogP contribution in [-0.4, -0.2) is 17.1 Å². The van der Waals surface area contributed by atoms with Crippen LogP contribution in [0.4, 0.5) is 0 Å². The van der Waals surface area contributed by atoms with Gasteiger partial charge in [0.25, 0.3) is 0 Å². The van der Waals surface area contributed by atoms with E-state index in [-0.39, 0.29) is 0 Å². The van der Waals surface area contributed by atoms with Gasteiger partial charge < -0.3 is 10.1 Å². The summed E-state index contributed by atoms with van der Waals surface area (Å²) < 4.78 is 5.24. The minimum Gasteiger partial charge on any atom is -0.481 e. The number of ether oxygens (including phenoxy) is 1. The minimum absolute atomic E-state index is 0.663. The largest absolute Gasteiger partial charge is 0.481 e. The smallest absolute Gasteiger partial charge is 0.217 e. The van der Waals surface area contributed by atoms with Crippen LogP contribution in [0.1, 0.15) is 11.3 Å². The summed E-state index contributed by atoms with van der Waals surface area (Å²) in [4.78, 5) is 8.83. The fourth-order valence-corrected chi connectivity index (χ4v) is 2.27. The maximum absolute atomic E-state index is 5.24. The molecule has 3 rings (SSSR count). The summed E-state index contributed by atoms with van der Waals surface area (Å²) in [6.07, 6.45) is 1.73. The molecule has 0 saturated heterocycles. The second kappa shape index (κ2) is 6.33. The molecule has 0 radical (unpaired) electrons. The Morgan fingerprint density at radius 3 is 2.81 bits per heavy atom. The molecule has 0 spiro atoms. The second-order valence-corrected chi connectivity index (χ2v) is 4.77. The number of methoxy groups -OCH3 is 1. The van der Waals surface area contributed by atoms with Crippen LogP contribution in [0.5, 0.6) is 5.88 Å². The maximum atomic E-state index is 5.24. The highest BCUT2D eigenvalue weighted by Gasteiger charge is 2.03. The van der Waals surface area contributed by atoms with Crippen molar-refractivity contribution in [2.24, 2.45) is 0 Å². The molecule has 0 aliphatic carbocycles. The first-order valence-corrected chi connectivity index (χ1v) is 6.90. The number of rotatable bonds is 5. The lowest BCUT2D eigenvalue weighted by Crippen LogP contribution is -2.14. The Kier molecular flexibility index (Phi) is 4.07. The molecule has 3 aromatic rings. The van der Waals surface area contributed by atoms with Crippen molar-refractivity contribution in [1.82, 2.24) is 15.3 Å². The van der Waals surface area contributed by atoms with Gasteiger partial charge in [-0.05, 0) is 18.2 Å². The maximum Gasteiger partial charge on any atom is 0.217 e. The van der Waals surface area contributed by atoms with Crippen LogP contribution in [0.15, 0.2) is 54.7 Å². The van der Waals surface area contributed by atoms with E-state index in [0.29, 0.717) is 19.0 Å². The standard InChI is InChI=1S/C17H17N3O/c1-21-17-14(6-4-10-19-17)11-18-12-15-9-8-13-5-2-3-7-16(13)20-15/h2-10,18H,11-12H2,1H3. The van der Waals surface area contributed by atoms with Gasteiger partial charge >= 0.3 is 0 Å². The van der Waals surface area contributed by atoms with Crippen molar-refractivity contribution in [2.75, 3.05) is 7.11 Å². The van der Waals surface area contributed by atoms with E-state index < -0.39 is 0 Å². The molecule has 0 aliphatic heterocycles. The van der Waals surface area contributed by atoms with Gasteiger partial charge in [0.15, 0.2) is 0 Å². The SMILES string of the molecule is COc1ncccc1CNCc1ccc2ccccc2n1. The Hall–Kier alpha value is -2.46. The van der Waals surface area contributed by atoms with Gasteiger partial charge in [0, 0.05) is 30.2 Å². The van der Waals surface area contributed by atoms with Crippen molar-refractivity contribution in [3.63, 3.8) is 0 Å². The molecular formula is C17H17N3O. The van der Waals surface area contributed by atoms with E-state index in [1.165, 1.54) is 0 Å². The Bertz CT molecular complexity index is 743. The van der Waals surface area contributed by atoms with E-state index in [0.717, 1.165) is 22.2 Å². The third-order valence-corrected chi connectivity index (χ3v) is 3.32. The first-order valence-electron chi connectivity index (χ1n) is 6.90. The molecule has 0 aliphatic rings. The average Bonchev–Trinajstić information content (AvgIpc) is 2.55. The summed E-state index contributed by atoms with van der Waals surface area (Å²) in [5.74, 6) is 0.663. The first kappa shape index (κ1) is 13.5. The number of hydrogen-bond acceptors (Lipinski definition) is 4. The van der Waals surface area contributed by atoms with E-state index in [1.54, 1.807) is 13.3 Å². The van der Waals surface area contributed by atoms with E-state index in [9.17, 15) is 0 Å². The monoisotopic (exact) mass is 279 g/mol. The molecule has 0 saturated carbocycles. The van der Waals surface area contributed by atoms with E-state index in [1.807, 2.05) is 30.3 Å². The number of aromatic nitrogens is 2. The van der Waals surface area contributed by atoms with Gasteiger partial charge in [-0.1, -0.05) is 30.3 Å². The highest BCUT2D eigenvalue weighted by molar-refractivity contribution is 5.78. The van der Waals surface area contributed by atoms with Crippen molar-refractivity contribution in [3.8, 4) is 5.88 Å². The van der Waals surface area contributed by atoms with Crippen molar-refractivity contribution in [1.29, 1.82) is 0 Å². The fraction of sp³-hybridized carbons (Fsp3) is 0.176. The van der Waals surface area contributed by atoms with Crippen LogP contribution in [0.2, 0.25) is 0 Å².